The molecule has 0 aromatic rings. The van der Waals surface area contributed by atoms with Crippen molar-refractivity contribution in [3.8, 4) is 0 Å². The minimum absolute atomic E-state index is 0.137. The minimum atomic E-state index is -4.64. The Kier molecular flexibility index (Phi) is 41.2. The molecule has 0 radical (unpaired) electrons. The standard InChI is InChI=1S/C48H81O10P/c1-3-5-7-9-11-13-15-17-19-21-22-24-26-28-30-32-34-36-38-40-48(52)58-46(44-57-59(53,54)56-42-45(50)41-49)43-55-47(51)39-37-35-33-31-29-27-25-23-20-18-16-14-12-10-8-6-4-2/h11-14,17-20,22,24-25,27-28,30,45-46,49-50H,3-10,15-16,21,23,26,29,31-44H2,1-2H3,(H,53,54)/b13-11-,14-12-,19-17-,20-18-,24-22-,27-25-,30-28-/t45-,46+/m0/s1. The third kappa shape index (κ3) is 43.1. The Balaban J connectivity index is 4.41. The molecule has 0 spiro atoms. The van der Waals surface area contributed by atoms with E-state index in [0.717, 1.165) is 77.0 Å². The van der Waals surface area contributed by atoms with Gasteiger partial charge in [0, 0.05) is 12.8 Å². The van der Waals surface area contributed by atoms with Crippen molar-refractivity contribution in [2.45, 2.75) is 180 Å². The van der Waals surface area contributed by atoms with Gasteiger partial charge in [0.05, 0.1) is 19.8 Å². The van der Waals surface area contributed by atoms with Gasteiger partial charge in [-0.2, -0.15) is 0 Å². The third-order valence-corrected chi connectivity index (χ3v) is 9.97. The molecule has 0 aliphatic carbocycles. The van der Waals surface area contributed by atoms with Gasteiger partial charge in [-0.15, -0.1) is 0 Å². The van der Waals surface area contributed by atoms with Crippen molar-refractivity contribution in [1.82, 2.24) is 0 Å². The molecular weight excluding hydrogens is 767 g/mol. The summed E-state index contributed by atoms with van der Waals surface area (Å²) in [4.78, 5) is 35.0. The van der Waals surface area contributed by atoms with Crippen molar-refractivity contribution in [2.75, 3.05) is 26.4 Å². The van der Waals surface area contributed by atoms with E-state index in [-0.39, 0.29) is 19.4 Å². The number of phosphoric acid groups is 1. The van der Waals surface area contributed by atoms with E-state index >= 15 is 0 Å². The van der Waals surface area contributed by atoms with Gasteiger partial charge in [-0.05, 0) is 96.3 Å². The summed E-state index contributed by atoms with van der Waals surface area (Å²) in [5, 5.41) is 18.3. The largest absolute Gasteiger partial charge is 0.472 e. The number of esters is 2. The Labute approximate surface area is 358 Å². The molecule has 0 rings (SSSR count). The SMILES string of the molecule is CCCCC/C=C\C/C=C\C/C=C\C/C=C\CCCCCC(=O)O[C@H](COC(=O)CCCCCC/C=C\C/C=C\C/C=C\CCCCC)COP(=O)(O)OC[C@@H](O)CO. The summed E-state index contributed by atoms with van der Waals surface area (Å²) in [6.07, 6.45) is 51.1. The van der Waals surface area contributed by atoms with Crippen molar-refractivity contribution in [3.05, 3.63) is 85.1 Å². The second-order valence-electron chi connectivity index (χ2n) is 14.7. The number of hydrogen-bond donors (Lipinski definition) is 3. The maximum Gasteiger partial charge on any atom is 0.472 e. The second kappa shape index (κ2) is 43.2. The summed E-state index contributed by atoms with van der Waals surface area (Å²) in [5.41, 5.74) is 0. The molecule has 3 N–H and O–H groups in total. The first-order chi connectivity index (χ1) is 28.7. The maximum absolute atomic E-state index is 12.6. The predicted octanol–water partition coefficient (Wildman–Crippen LogP) is 12.2. The van der Waals surface area contributed by atoms with Crippen LogP contribution in [0.15, 0.2) is 85.1 Å². The third-order valence-electron chi connectivity index (χ3n) is 9.02. The number of unbranched alkanes of at least 4 members (excludes halogenated alkanes) is 13. The lowest BCUT2D eigenvalue weighted by atomic mass is 10.1. The average Bonchev–Trinajstić information content (AvgIpc) is 3.22. The predicted molar refractivity (Wildman–Crippen MR) is 242 cm³/mol. The molecule has 0 bridgehead atoms. The summed E-state index contributed by atoms with van der Waals surface area (Å²) in [6, 6.07) is 0. The molecule has 10 nitrogen and oxygen atoms in total. The molecule has 338 valence electrons. The van der Waals surface area contributed by atoms with Crippen LogP contribution >= 0.6 is 7.82 Å². The van der Waals surface area contributed by atoms with Gasteiger partial charge >= 0.3 is 19.8 Å². The molecule has 1 unspecified atom stereocenters. The molecule has 0 aromatic carbocycles. The topological polar surface area (TPSA) is 149 Å². The molecule has 0 aliphatic heterocycles. The maximum atomic E-state index is 12.6. The zero-order valence-corrected chi connectivity index (χ0v) is 37.6. The Morgan fingerprint density at radius 1 is 0.508 bits per heavy atom. The molecule has 0 aliphatic rings. The molecule has 0 aromatic heterocycles. The lowest BCUT2D eigenvalue weighted by molar-refractivity contribution is -0.161. The highest BCUT2D eigenvalue weighted by Gasteiger charge is 2.27. The van der Waals surface area contributed by atoms with Crippen LogP contribution in [-0.4, -0.2) is 65.7 Å². The van der Waals surface area contributed by atoms with Gasteiger partial charge in [-0.3, -0.25) is 18.6 Å². The summed E-state index contributed by atoms with van der Waals surface area (Å²) >= 11 is 0. The number of allylic oxidation sites excluding steroid dienone is 14. The summed E-state index contributed by atoms with van der Waals surface area (Å²) in [7, 11) is -4.64. The summed E-state index contributed by atoms with van der Waals surface area (Å²) in [6.45, 7) is 2.25. The Morgan fingerprint density at radius 2 is 0.881 bits per heavy atom. The lowest BCUT2D eigenvalue weighted by Crippen LogP contribution is -2.29. The highest BCUT2D eigenvalue weighted by Crippen LogP contribution is 2.43. The van der Waals surface area contributed by atoms with Crippen LogP contribution in [0, 0.1) is 0 Å². The molecule has 0 saturated carbocycles. The fourth-order valence-corrected chi connectivity index (χ4v) is 6.30. The zero-order valence-electron chi connectivity index (χ0n) is 36.7. The van der Waals surface area contributed by atoms with Crippen LogP contribution in [0.4, 0.5) is 0 Å². The van der Waals surface area contributed by atoms with Crippen molar-refractivity contribution >= 4 is 19.8 Å². The lowest BCUT2D eigenvalue weighted by Gasteiger charge is -2.20. The molecule has 3 atom stereocenters. The fraction of sp³-hybridized carbons (Fsp3) is 0.667. The van der Waals surface area contributed by atoms with Crippen LogP contribution < -0.4 is 0 Å². The summed E-state index contributed by atoms with van der Waals surface area (Å²) < 4.78 is 32.7. The van der Waals surface area contributed by atoms with E-state index in [1.807, 2.05) is 0 Å². The number of rotatable bonds is 41. The Morgan fingerprint density at radius 3 is 1.32 bits per heavy atom. The fourth-order valence-electron chi connectivity index (χ4n) is 5.51. The van der Waals surface area contributed by atoms with Gasteiger partial charge in [-0.25, -0.2) is 4.57 Å². The van der Waals surface area contributed by atoms with Crippen LogP contribution in [0.25, 0.3) is 0 Å². The zero-order chi connectivity index (χ0) is 43.3. The van der Waals surface area contributed by atoms with E-state index in [1.165, 1.54) is 51.4 Å². The highest BCUT2D eigenvalue weighted by molar-refractivity contribution is 7.47. The minimum Gasteiger partial charge on any atom is -0.462 e. The van der Waals surface area contributed by atoms with Crippen LogP contribution in [0.1, 0.15) is 168 Å². The first-order valence-corrected chi connectivity index (χ1v) is 24.0. The number of aliphatic hydroxyl groups excluding tert-OH is 2. The van der Waals surface area contributed by atoms with Crippen molar-refractivity contribution in [2.24, 2.45) is 0 Å². The number of phosphoric ester groups is 1. The Bertz CT molecular complexity index is 1250. The van der Waals surface area contributed by atoms with Crippen LogP contribution in [0.5, 0.6) is 0 Å². The molecule has 0 amide bonds. The molecule has 59 heavy (non-hydrogen) atoms. The van der Waals surface area contributed by atoms with E-state index in [1.54, 1.807) is 0 Å². The van der Waals surface area contributed by atoms with Gasteiger partial charge < -0.3 is 24.6 Å². The van der Waals surface area contributed by atoms with E-state index in [4.69, 9.17) is 19.1 Å². The monoisotopic (exact) mass is 849 g/mol. The van der Waals surface area contributed by atoms with Crippen molar-refractivity contribution in [1.29, 1.82) is 0 Å². The first kappa shape index (κ1) is 56.1. The van der Waals surface area contributed by atoms with Crippen LogP contribution in [0.3, 0.4) is 0 Å². The number of aliphatic hydroxyl groups is 2. The quantitative estimate of drug-likeness (QED) is 0.0235. The molecule has 0 saturated heterocycles. The van der Waals surface area contributed by atoms with E-state index in [0.29, 0.717) is 12.8 Å². The van der Waals surface area contributed by atoms with Gasteiger partial charge in [0.15, 0.2) is 6.10 Å². The van der Waals surface area contributed by atoms with Crippen LogP contribution in [-0.2, 0) is 32.7 Å². The van der Waals surface area contributed by atoms with E-state index < -0.39 is 51.8 Å². The smallest absolute Gasteiger partial charge is 0.462 e. The van der Waals surface area contributed by atoms with Crippen molar-refractivity contribution < 1.29 is 47.8 Å². The van der Waals surface area contributed by atoms with E-state index in [2.05, 4.69) is 103 Å². The van der Waals surface area contributed by atoms with Gasteiger partial charge in [-0.1, -0.05) is 144 Å². The molecule has 0 heterocycles. The normalized spacial score (nSPS) is 14.6. The van der Waals surface area contributed by atoms with Gasteiger partial charge in [0.25, 0.3) is 0 Å². The second-order valence-corrected chi connectivity index (χ2v) is 16.2. The molecule has 0 fully saturated rings. The van der Waals surface area contributed by atoms with E-state index in [9.17, 15) is 24.2 Å². The molecular formula is C48H81O10P. The van der Waals surface area contributed by atoms with Gasteiger partial charge in [0.2, 0.25) is 0 Å². The number of carbonyl (C=O) groups is 2. The molecule has 11 heteroatoms. The number of carbonyl (C=O) groups excluding carboxylic acids is 2. The number of hydrogen-bond acceptors (Lipinski definition) is 9. The summed E-state index contributed by atoms with van der Waals surface area (Å²) in [5.74, 6) is -0.993. The average molecular weight is 849 g/mol. The van der Waals surface area contributed by atoms with Crippen molar-refractivity contribution in [3.63, 3.8) is 0 Å². The Hall–Kier alpha value is -2.85. The highest BCUT2D eigenvalue weighted by atomic mass is 31.2. The first-order valence-electron chi connectivity index (χ1n) is 22.5. The number of ether oxygens (including phenoxy) is 2. The van der Waals surface area contributed by atoms with Gasteiger partial charge in [0.1, 0.15) is 12.7 Å². The van der Waals surface area contributed by atoms with Crippen LogP contribution in [0.2, 0.25) is 0 Å².